The van der Waals surface area contributed by atoms with Gasteiger partial charge in [-0.3, -0.25) is 19.1 Å². The van der Waals surface area contributed by atoms with Gasteiger partial charge in [0.1, 0.15) is 11.4 Å². The van der Waals surface area contributed by atoms with E-state index in [0.29, 0.717) is 27.7 Å². The maximum absolute atomic E-state index is 14.6. The van der Waals surface area contributed by atoms with Gasteiger partial charge < -0.3 is 9.47 Å². The van der Waals surface area contributed by atoms with Gasteiger partial charge in [0.25, 0.3) is 0 Å². The maximum atomic E-state index is 14.6. The lowest BCUT2D eigenvalue weighted by molar-refractivity contribution is 0.406. The van der Waals surface area contributed by atoms with Crippen LogP contribution in [0.5, 0.6) is 11.5 Å². The van der Waals surface area contributed by atoms with E-state index in [1.54, 1.807) is 38.6 Å². The third-order valence-corrected chi connectivity index (χ3v) is 4.37. The summed E-state index contributed by atoms with van der Waals surface area (Å²) in [5.74, 6) is 0.150. The predicted molar refractivity (Wildman–Crippen MR) is 94.7 cm³/mol. The van der Waals surface area contributed by atoms with Crippen molar-refractivity contribution < 1.29 is 13.9 Å². The Morgan fingerprint density at radius 2 is 1.92 bits per heavy atom. The van der Waals surface area contributed by atoms with Crippen LogP contribution in [0.2, 0.25) is 0 Å². The molecule has 0 aliphatic rings. The summed E-state index contributed by atoms with van der Waals surface area (Å²) < 4.78 is 27.8. The van der Waals surface area contributed by atoms with Crippen LogP contribution in [0.25, 0.3) is 27.6 Å². The van der Waals surface area contributed by atoms with Gasteiger partial charge in [-0.2, -0.15) is 0 Å². The highest BCUT2D eigenvalue weighted by molar-refractivity contribution is 6.03. The standard InChI is InChI=1S/C18H15FN4O3/c1-22-14-8-21-13-6-10(25-2)4-5-11(13)16(14)23(18(22)24)17-12(19)7-20-9-15(17)26-3/h4-9H,1-3H3. The number of methoxy groups -OCH3 is 2. The second-order valence-electron chi connectivity index (χ2n) is 5.72. The molecule has 3 heterocycles. The summed E-state index contributed by atoms with van der Waals surface area (Å²) in [6, 6.07) is 5.33. The molecule has 0 saturated heterocycles. The zero-order valence-electron chi connectivity index (χ0n) is 14.4. The van der Waals surface area contributed by atoms with Crippen LogP contribution in [0.1, 0.15) is 0 Å². The van der Waals surface area contributed by atoms with Crippen molar-refractivity contribution in [1.82, 2.24) is 19.1 Å². The minimum atomic E-state index is -0.655. The molecule has 0 bridgehead atoms. The molecule has 0 aliphatic carbocycles. The molecule has 4 rings (SSSR count). The van der Waals surface area contributed by atoms with E-state index >= 15 is 0 Å². The molecule has 132 valence electrons. The van der Waals surface area contributed by atoms with Crippen LogP contribution in [-0.4, -0.2) is 33.3 Å². The number of aryl methyl sites for hydroxylation is 1. The smallest absolute Gasteiger partial charge is 0.333 e. The van der Waals surface area contributed by atoms with Crippen LogP contribution in [0, 0.1) is 5.82 Å². The van der Waals surface area contributed by atoms with Gasteiger partial charge in [0.05, 0.1) is 49.4 Å². The Kier molecular flexibility index (Phi) is 3.61. The van der Waals surface area contributed by atoms with Crippen molar-refractivity contribution >= 4 is 21.9 Å². The molecule has 7 nitrogen and oxygen atoms in total. The van der Waals surface area contributed by atoms with Crippen LogP contribution in [-0.2, 0) is 7.05 Å². The summed E-state index contributed by atoms with van der Waals surface area (Å²) >= 11 is 0. The van der Waals surface area contributed by atoms with Crippen molar-refractivity contribution in [2.75, 3.05) is 14.2 Å². The molecule has 3 aromatic heterocycles. The topological polar surface area (TPSA) is 71.2 Å². The van der Waals surface area contributed by atoms with Gasteiger partial charge in [0.15, 0.2) is 11.6 Å². The highest BCUT2D eigenvalue weighted by atomic mass is 19.1. The van der Waals surface area contributed by atoms with Crippen LogP contribution in [0.4, 0.5) is 4.39 Å². The van der Waals surface area contributed by atoms with Gasteiger partial charge >= 0.3 is 5.69 Å². The van der Waals surface area contributed by atoms with Gasteiger partial charge in [-0.05, 0) is 12.1 Å². The van der Waals surface area contributed by atoms with Crippen molar-refractivity contribution in [2.24, 2.45) is 7.05 Å². The fourth-order valence-corrected chi connectivity index (χ4v) is 3.09. The Morgan fingerprint density at radius 3 is 2.65 bits per heavy atom. The van der Waals surface area contributed by atoms with E-state index in [0.717, 1.165) is 6.20 Å². The number of hydrogen-bond donors (Lipinski definition) is 0. The normalized spacial score (nSPS) is 11.2. The molecule has 0 atom stereocenters. The Balaban J connectivity index is 2.22. The summed E-state index contributed by atoms with van der Waals surface area (Å²) in [7, 11) is 4.58. The largest absolute Gasteiger partial charge is 0.497 e. The van der Waals surface area contributed by atoms with Gasteiger partial charge in [-0.1, -0.05) is 0 Å². The number of aromatic nitrogens is 4. The quantitative estimate of drug-likeness (QED) is 0.565. The molecule has 0 radical (unpaired) electrons. The highest BCUT2D eigenvalue weighted by Gasteiger charge is 2.22. The first-order valence-electron chi connectivity index (χ1n) is 7.79. The van der Waals surface area contributed by atoms with E-state index < -0.39 is 11.5 Å². The summed E-state index contributed by atoms with van der Waals surface area (Å²) in [6.07, 6.45) is 4.01. The number of halogens is 1. The fraction of sp³-hybridized carbons (Fsp3) is 0.167. The Bertz CT molecular complexity index is 1210. The minimum Gasteiger partial charge on any atom is -0.497 e. The summed E-state index contributed by atoms with van der Waals surface area (Å²) in [5, 5.41) is 0.694. The fourth-order valence-electron chi connectivity index (χ4n) is 3.09. The van der Waals surface area contributed by atoms with Crippen LogP contribution >= 0.6 is 0 Å². The maximum Gasteiger partial charge on any atom is 0.333 e. The van der Waals surface area contributed by atoms with Crippen LogP contribution in [0.15, 0.2) is 41.6 Å². The molecule has 1 aromatic carbocycles. The van der Waals surface area contributed by atoms with E-state index in [4.69, 9.17) is 9.47 Å². The minimum absolute atomic E-state index is 0.0152. The van der Waals surface area contributed by atoms with Crippen molar-refractivity contribution in [3.8, 4) is 17.2 Å². The predicted octanol–water partition coefficient (Wildman–Crippen LogP) is 2.43. The second kappa shape index (κ2) is 5.83. The lowest BCUT2D eigenvalue weighted by Crippen LogP contribution is -2.22. The van der Waals surface area contributed by atoms with Crippen molar-refractivity contribution in [3.63, 3.8) is 0 Å². The Labute approximate surface area is 147 Å². The average Bonchev–Trinajstić information content (AvgIpc) is 2.92. The molecule has 0 spiro atoms. The molecule has 0 N–H and O–H groups in total. The Hall–Kier alpha value is -3.42. The number of hydrogen-bond acceptors (Lipinski definition) is 5. The number of benzene rings is 1. The third-order valence-electron chi connectivity index (χ3n) is 4.37. The van der Waals surface area contributed by atoms with E-state index in [2.05, 4.69) is 9.97 Å². The summed E-state index contributed by atoms with van der Waals surface area (Å²) in [5.41, 5.74) is 1.35. The zero-order valence-corrected chi connectivity index (χ0v) is 14.4. The highest BCUT2D eigenvalue weighted by Crippen LogP contribution is 2.31. The molecular weight excluding hydrogens is 339 g/mol. The van der Waals surface area contributed by atoms with E-state index in [1.165, 1.54) is 22.4 Å². The first-order chi connectivity index (χ1) is 12.6. The third kappa shape index (κ3) is 2.15. The van der Waals surface area contributed by atoms with Crippen LogP contribution in [0.3, 0.4) is 0 Å². The average molecular weight is 354 g/mol. The summed E-state index contributed by atoms with van der Waals surface area (Å²) in [4.78, 5) is 21.1. The van der Waals surface area contributed by atoms with E-state index in [1.807, 2.05) is 0 Å². The SMILES string of the molecule is COc1ccc2c(c1)ncc1c2n(-c2c(F)cncc2OC)c(=O)n1C. The van der Waals surface area contributed by atoms with Crippen molar-refractivity contribution in [3.05, 3.63) is 53.1 Å². The molecule has 0 amide bonds. The molecule has 4 aromatic rings. The number of pyridine rings is 2. The number of ether oxygens (including phenoxy) is 2. The number of fused-ring (bicyclic) bond motifs is 3. The van der Waals surface area contributed by atoms with Gasteiger partial charge in [-0.15, -0.1) is 0 Å². The van der Waals surface area contributed by atoms with Crippen molar-refractivity contribution in [1.29, 1.82) is 0 Å². The monoisotopic (exact) mass is 354 g/mol. The first kappa shape index (κ1) is 16.1. The van der Waals surface area contributed by atoms with Gasteiger partial charge in [0, 0.05) is 18.5 Å². The molecule has 0 fully saturated rings. The van der Waals surface area contributed by atoms with E-state index in [-0.39, 0.29) is 11.4 Å². The molecular formula is C18H15FN4O3. The van der Waals surface area contributed by atoms with Gasteiger partial charge in [0.2, 0.25) is 0 Å². The second-order valence-corrected chi connectivity index (χ2v) is 5.72. The lowest BCUT2D eigenvalue weighted by atomic mass is 10.1. The van der Waals surface area contributed by atoms with Gasteiger partial charge in [-0.25, -0.2) is 9.18 Å². The van der Waals surface area contributed by atoms with Crippen LogP contribution < -0.4 is 15.2 Å². The first-order valence-corrected chi connectivity index (χ1v) is 7.79. The Morgan fingerprint density at radius 1 is 1.12 bits per heavy atom. The van der Waals surface area contributed by atoms with Crippen molar-refractivity contribution in [2.45, 2.75) is 0 Å². The van der Waals surface area contributed by atoms with E-state index in [9.17, 15) is 9.18 Å². The zero-order chi connectivity index (χ0) is 18.4. The molecule has 0 aliphatic heterocycles. The molecule has 0 unspecified atom stereocenters. The molecule has 8 heteroatoms. The molecule has 26 heavy (non-hydrogen) atoms. The lowest BCUT2D eigenvalue weighted by Gasteiger charge is -2.11. The number of nitrogens with zero attached hydrogens (tertiary/aromatic N) is 4. The summed E-state index contributed by atoms with van der Waals surface area (Å²) in [6.45, 7) is 0. The molecule has 0 saturated carbocycles. The number of imidazole rings is 1. The number of rotatable bonds is 3.